The van der Waals surface area contributed by atoms with Crippen LogP contribution in [-0.4, -0.2) is 28.6 Å². The lowest BCUT2D eigenvalue weighted by Crippen LogP contribution is -2.36. The zero-order valence-corrected chi connectivity index (χ0v) is 18.4. The van der Waals surface area contributed by atoms with Crippen molar-refractivity contribution in [2.75, 3.05) is 18.8 Å². The molecule has 0 fully saturated rings. The smallest absolute Gasteiger partial charge is 0.151 e. The van der Waals surface area contributed by atoms with Gasteiger partial charge in [0.2, 0.25) is 0 Å². The summed E-state index contributed by atoms with van der Waals surface area (Å²) in [6.45, 7) is 11.5. The number of anilines is 1. The van der Waals surface area contributed by atoms with Crippen molar-refractivity contribution < 1.29 is 0 Å². The van der Waals surface area contributed by atoms with Crippen LogP contribution >= 0.6 is 11.3 Å². The van der Waals surface area contributed by atoms with Crippen LogP contribution in [0.15, 0.2) is 18.2 Å². The van der Waals surface area contributed by atoms with Gasteiger partial charge in [-0.2, -0.15) is 0 Å². The summed E-state index contributed by atoms with van der Waals surface area (Å²) >= 11 is 1.72. The summed E-state index contributed by atoms with van der Waals surface area (Å²) in [4.78, 5) is 9.28. The van der Waals surface area contributed by atoms with Crippen LogP contribution < -0.4 is 16.4 Å². The Balaban J connectivity index is 1.70. The van der Waals surface area contributed by atoms with Crippen molar-refractivity contribution in [3.05, 3.63) is 28.8 Å². The van der Waals surface area contributed by atoms with E-state index in [2.05, 4.69) is 61.5 Å². The lowest BCUT2D eigenvalue weighted by atomic mass is 10.0. The fourth-order valence-electron chi connectivity index (χ4n) is 3.32. The first kappa shape index (κ1) is 21.0. The van der Waals surface area contributed by atoms with Crippen LogP contribution in [0.2, 0.25) is 0 Å². The molecular weight excluding hydrogens is 366 g/mol. The first-order chi connectivity index (χ1) is 13.4. The van der Waals surface area contributed by atoms with Gasteiger partial charge in [-0.25, -0.2) is 9.97 Å². The number of pyridine rings is 1. The Morgan fingerprint density at radius 2 is 1.93 bits per heavy atom. The number of thiazole rings is 1. The second-order valence-electron chi connectivity index (χ2n) is 8.40. The monoisotopic (exact) mass is 399 g/mol. The highest BCUT2D eigenvalue weighted by Gasteiger charge is 2.13. The summed E-state index contributed by atoms with van der Waals surface area (Å²) in [5.74, 6) is 0.528. The second-order valence-corrected chi connectivity index (χ2v) is 9.49. The van der Waals surface area contributed by atoms with E-state index in [0.717, 1.165) is 46.8 Å². The van der Waals surface area contributed by atoms with Gasteiger partial charge >= 0.3 is 0 Å². The minimum absolute atomic E-state index is 0.207. The van der Waals surface area contributed by atoms with Crippen molar-refractivity contribution in [1.82, 2.24) is 20.6 Å². The van der Waals surface area contributed by atoms with Crippen LogP contribution in [0, 0.1) is 0 Å². The molecule has 0 radical (unpaired) electrons. The van der Waals surface area contributed by atoms with Gasteiger partial charge in [0, 0.05) is 17.5 Å². The summed E-state index contributed by atoms with van der Waals surface area (Å²) in [7, 11) is 0. The van der Waals surface area contributed by atoms with Crippen molar-refractivity contribution in [1.29, 1.82) is 0 Å². The first-order valence-electron chi connectivity index (χ1n) is 10.3. The number of benzene rings is 1. The maximum atomic E-state index is 6.17. The second kappa shape index (κ2) is 9.16. The fraction of sp³-hybridized carbons (Fsp3) is 0.545. The quantitative estimate of drug-likeness (QED) is 0.457. The molecule has 0 spiro atoms. The zero-order chi connectivity index (χ0) is 20.1. The third kappa shape index (κ3) is 5.40. The Morgan fingerprint density at radius 1 is 1.11 bits per heavy atom. The van der Waals surface area contributed by atoms with Gasteiger partial charge in [-0.3, -0.25) is 0 Å². The van der Waals surface area contributed by atoms with E-state index in [0.29, 0.717) is 5.82 Å². The highest BCUT2D eigenvalue weighted by atomic mass is 32.1. The Morgan fingerprint density at radius 3 is 2.68 bits per heavy atom. The predicted molar refractivity (Wildman–Crippen MR) is 122 cm³/mol. The van der Waals surface area contributed by atoms with Crippen LogP contribution in [0.3, 0.4) is 0 Å². The standard InChI is InChI=1S/C22H33N5S/c1-5-24-14-18-27-19-20(28-18)16-13-15(10-11-17(16)26-21(19)23)9-7-6-8-12-25-22(2,3)4/h10-11,13,24-25H,5-9,12,14H2,1-4H3,(H2,23,26). The third-order valence-electron chi connectivity index (χ3n) is 4.78. The molecule has 3 aromatic rings. The number of hydrogen-bond donors (Lipinski definition) is 3. The summed E-state index contributed by atoms with van der Waals surface area (Å²) in [6.07, 6.45) is 4.76. The van der Waals surface area contributed by atoms with Gasteiger partial charge in [-0.15, -0.1) is 11.3 Å². The summed E-state index contributed by atoms with van der Waals surface area (Å²) < 4.78 is 1.16. The van der Waals surface area contributed by atoms with E-state index in [9.17, 15) is 0 Å². The van der Waals surface area contributed by atoms with E-state index >= 15 is 0 Å². The minimum atomic E-state index is 0.207. The molecule has 0 aliphatic heterocycles. The van der Waals surface area contributed by atoms with Crippen LogP contribution in [0.25, 0.3) is 21.1 Å². The fourth-order valence-corrected chi connectivity index (χ4v) is 4.39. The lowest BCUT2D eigenvalue weighted by Gasteiger charge is -2.20. The van der Waals surface area contributed by atoms with E-state index in [1.54, 1.807) is 11.3 Å². The van der Waals surface area contributed by atoms with Gasteiger partial charge < -0.3 is 16.4 Å². The van der Waals surface area contributed by atoms with Crippen molar-refractivity contribution >= 4 is 38.3 Å². The van der Waals surface area contributed by atoms with E-state index in [1.165, 1.54) is 30.2 Å². The Kier molecular flexibility index (Phi) is 6.86. The molecule has 28 heavy (non-hydrogen) atoms. The lowest BCUT2D eigenvalue weighted by molar-refractivity contribution is 0.417. The third-order valence-corrected chi connectivity index (χ3v) is 5.87. The molecule has 0 atom stereocenters. The molecule has 4 N–H and O–H groups in total. The SMILES string of the molecule is CCNCc1nc2c(N)nc3ccc(CCCCCNC(C)(C)C)cc3c2s1. The minimum Gasteiger partial charge on any atom is -0.382 e. The van der Waals surface area contributed by atoms with Crippen molar-refractivity contribution in [3.63, 3.8) is 0 Å². The number of nitrogens with zero attached hydrogens (tertiary/aromatic N) is 2. The highest BCUT2D eigenvalue weighted by molar-refractivity contribution is 7.19. The number of nitrogens with two attached hydrogens (primary N) is 1. The number of nitrogen functional groups attached to an aromatic ring is 1. The maximum absolute atomic E-state index is 6.17. The summed E-state index contributed by atoms with van der Waals surface area (Å²) in [5, 5.41) is 9.14. The Hall–Kier alpha value is -1.76. The molecule has 3 rings (SSSR count). The maximum Gasteiger partial charge on any atom is 0.151 e. The molecule has 0 aliphatic rings. The highest BCUT2D eigenvalue weighted by Crippen LogP contribution is 2.33. The Bertz CT molecular complexity index is 926. The molecule has 0 unspecified atom stereocenters. The molecule has 152 valence electrons. The molecule has 0 aliphatic carbocycles. The average molecular weight is 400 g/mol. The number of rotatable bonds is 9. The average Bonchev–Trinajstić information content (AvgIpc) is 3.07. The number of nitrogens with one attached hydrogen (secondary N) is 2. The number of unbranched alkanes of at least 4 members (excludes halogenated alkanes) is 2. The Labute approximate surface area is 172 Å². The van der Waals surface area contributed by atoms with Crippen molar-refractivity contribution in [3.8, 4) is 0 Å². The van der Waals surface area contributed by atoms with E-state index in [4.69, 9.17) is 10.7 Å². The van der Waals surface area contributed by atoms with E-state index in [1.807, 2.05) is 0 Å². The van der Waals surface area contributed by atoms with Gasteiger partial charge in [0.1, 0.15) is 10.5 Å². The number of aromatic nitrogens is 2. The van der Waals surface area contributed by atoms with Crippen LogP contribution in [0.4, 0.5) is 5.82 Å². The summed E-state index contributed by atoms with van der Waals surface area (Å²) in [5.41, 5.74) is 9.54. The van der Waals surface area contributed by atoms with Crippen molar-refractivity contribution in [2.45, 2.75) is 65.5 Å². The predicted octanol–water partition coefficient (Wildman–Crippen LogP) is 4.64. The topological polar surface area (TPSA) is 75.9 Å². The largest absolute Gasteiger partial charge is 0.382 e. The number of aryl methyl sites for hydroxylation is 1. The van der Waals surface area contributed by atoms with Crippen molar-refractivity contribution in [2.24, 2.45) is 0 Å². The van der Waals surface area contributed by atoms with E-state index in [-0.39, 0.29) is 5.54 Å². The molecular formula is C22H33N5S. The van der Waals surface area contributed by atoms with Gasteiger partial charge in [-0.1, -0.05) is 19.4 Å². The van der Waals surface area contributed by atoms with Crippen LogP contribution in [0.1, 0.15) is 57.5 Å². The molecule has 0 saturated carbocycles. The molecule has 0 bridgehead atoms. The summed E-state index contributed by atoms with van der Waals surface area (Å²) in [6, 6.07) is 6.58. The number of fused-ring (bicyclic) bond motifs is 3. The van der Waals surface area contributed by atoms with Crippen LogP contribution in [0.5, 0.6) is 0 Å². The zero-order valence-electron chi connectivity index (χ0n) is 17.6. The van der Waals surface area contributed by atoms with Gasteiger partial charge in [0.25, 0.3) is 0 Å². The molecule has 2 aromatic heterocycles. The van der Waals surface area contributed by atoms with E-state index < -0.39 is 0 Å². The molecule has 1 aromatic carbocycles. The first-order valence-corrected chi connectivity index (χ1v) is 11.1. The number of hydrogen-bond acceptors (Lipinski definition) is 6. The normalized spacial score (nSPS) is 12.3. The molecule has 0 saturated heterocycles. The molecule has 6 heteroatoms. The van der Waals surface area contributed by atoms with Gasteiger partial charge in [0.15, 0.2) is 5.82 Å². The van der Waals surface area contributed by atoms with Gasteiger partial charge in [0.05, 0.1) is 10.2 Å². The van der Waals surface area contributed by atoms with Gasteiger partial charge in [-0.05, 0) is 70.8 Å². The molecule has 0 amide bonds. The molecule has 5 nitrogen and oxygen atoms in total. The molecule has 2 heterocycles. The van der Waals surface area contributed by atoms with Crippen LogP contribution in [-0.2, 0) is 13.0 Å².